The number of carbonyl (C=O) groups is 3. The molecule has 0 atom stereocenters. The van der Waals surface area contributed by atoms with Gasteiger partial charge in [-0.25, -0.2) is 0 Å². The van der Waals surface area contributed by atoms with Crippen LogP contribution in [0.2, 0.25) is 0 Å². The molecular weight excluding hydrogens is 440 g/mol. The molecule has 0 aromatic heterocycles. The fourth-order valence-corrected chi connectivity index (χ4v) is 3.78. The molecule has 2 aromatic carbocycles. The van der Waals surface area contributed by atoms with E-state index < -0.39 is 17.8 Å². The third-order valence-electron chi connectivity index (χ3n) is 4.08. The minimum atomic E-state index is -0.948. The average Bonchev–Trinajstić information content (AvgIpc) is 3.01. The first-order valence-corrected chi connectivity index (χ1v) is 10.3. The second kappa shape index (κ2) is 10.1. The largest absolute Gasteiger partial charge is 0.497 e. The summed E-state index contributed by atoms with van der Waals surface area (Å²) in [5.41, 5.74) is 3.51. The highest BCUT2D eigenvalue weighted by Gasteiger charge is 2.33. The lowest BCUT2D eigenvalue weighted by molar-refractivity contribution is -0.137. The van der Waals surface area contributed by atoms with Crippen LogP contribution in [-0.2, 0) is 9.59 Å². The molecule has 1 aliphatic rings. The van der Waals surface area contributed by atoms with Crippen LogP contribution in [0.3, 0.4) is 0 Å². The third kappa shape index (κ3) is 5.83. The van der Waals surface area contributed by atoms with Crippen molar-refractivity contribution in [2.75, 3.05) is 13.7 Å². The van der Waals surface area contributed by atoms with Crippen molar-refractivity contribution in [2.45, 2.75) is 6.42 Å². The predicted octanol–water partition coefficient (Wildman–Crippen LogP) is 3.09. The summed E-state index contributed by atoms with van der Waals surface area (Å²) in [7, 11) is 1.50. The van der Waals surface area contributed by atoms with Gasteiger partial charge in [0.1, 0.15) is 11.5 Å². The van der Waals surface area contributed by atoms with Gasteiger partial charge in [-0.2, -0.15) is 5.01 Å². The molecule has 2 aromatic rings. The molecule has 10 heteroatoms. The number of benzene rings is 2. The molecule has 0 bridgehead atoms. The first-order valence-electron chi connectivity index (χ1n) is 9.05. The molecule has 2 amide bonds. The topological polar surface area (TPSA) is 105 Å². The molecule has 0 spiro atoms. The van der Waals surface area contributed by atoms with E-state index in [-0.39, 0.29) is 17.3 Å². The molecule has 0 unspecified atom stereocenters. The van der Waals surface area contributed by atoms with Gasteiger partial charge in [0.15, 0.2) is 4.32 Å². The molecule has 31 heavy (non-hydrogen) atoms. The van der Waals surface area contributed by atoms with Crippen LogP contribution in [0.5, 0.6) is 11.5 Å². The molecule has 3 rings (SSSR count). The van der Waals surface area contributed by atoms with Crippen LogP contribution in [0, 0.1) is 0 Å². The number of thiocarbonyl (C=S) groups is 1. The summed E-state index contributed by atoms with van der Waals surface area (Å²) in [4.78, 5) is 36.2. The van der Waals surface area contributed by atoms with E-state index in [4.69, 9.17) is 26.8 Å². The number of carboxylic acids is 1. The van der Waals surface area contributed by atoms with Gasteiger partial charge in [-0.15, -0.1) is 0 Å². The van der Waals surface area contributed by atoms with E-state index >= 15 is 0 Å². The predicted molar refractivity (Wildman–Crippen MR) is 120 cm³/mol. The molecule has 0 saturated carbocycles. The Kier molecular flexibility index (Phi) is 7.27. The van der Waals surface area contributed by atoms with Crippen LogP contribution in [-0.4, -0.2) is 45.9 Å². The maximum atomic E-state index is 12.8. The maximum absolute atomic E-state index is 12.8. The fraction of sp³-hybridized carbons (Fsp3) is 0.143. The molecule has 1 aliphatic heterocycles. The molecule has 1 saturated heterocycles. The Bertz CT molecular complexity index is 1070. The Morgan fingerprint density at radius 3 is 2.68 bits per heavy atom. The van der Waals surface area contributed by atoms with Crippen molar-refractivity contribution >= 4 is 52.2 Å². The number of thioether (sulfide) groups is 1. The lowest BCUT2D eigenvalue weighted by atomic mass is 10.2. The highest BCUT2D eigenvalue weighted by atomic mass is 32.2. The van der Waals surface area contributed by atoms with E-state index in [1.165, 1.54) is 7.11 Å². The lowest BCUT2D eigenvalue weighted by Crippen LogP contribution is -2.44. The van der Waals surface area contributed by atoms with E-state index in [0.717, 1.165) is 16.8 Å². The van der Waals surface area contributed by atoms with Gasteiger partial charge < -0.3 is 14.6 Å². The second-order valence-corrected chi connectivity index (χ2v) is 7.93. The van der Waals surface area contributed by atoms with Crippen LogP contribution >= 0.6 is 24.0 Å². The number of hydrogen-bond acceptors (Lipinski definition) is 7. The number of hydrazine groups is 1. The van der Waals surface area contributed by atoms with Crippen LogP contribution in [0.25, 0.3) is 6.08 Å². The van der Waals surface area contributed by atoms with Crippen LogP contribution < -0.4 is 14.9 Å². The lowest BCUT2D eigenvalue weighted by Gasteiger charge is -2.15. The summed E-state index contributed by atoms with van der Waals surface area (Å²) in [6.45, 7) is 0.0389. The summed E-state index contributed by atoms with van der Waals surface area (Å²) >= 11 is 6.30. The van der Waals surface area contributed by atoms with Crippen LogP contribution in [0.1, 0.15) is 22.3 Å². The second-order valence-electron chi connectivity index (χ2n) is 6.25. The summed E-state index contributed by atoms with van der Waals surface area (Å²) < 4.78 is 10.7. The molecule has 2 N–H and O–H groups in total. The van der Waals surface area contributed by atoms with Gasteiger partial charge in [-0.3, -0.25) is 19.8 Å². The number of hydrogen-bond donors (Lipinski definition) is 2. The van der Waals surface area contributed by atoms with Crippen LogP contribution in [0.4, 0.5) is 0 Å². The van der Waals surface area contributed by atoms with E-state index in [0.29, 0.717) is 27.5 Å². The maximum Gasteiger partial charge on any atom is 0.306 e. The van der Waals surface area contributed by atoms with Gasteiger partial charge in [0, 0.05) is 5.56 Å². The summed E-state index contributed by atoms with van der Waals surface area (Å²) in [6.07, 6.45) is 1.51. The van der Waals surface area contributed by atoms with Gasteiger partial charge in [-0.05, 0) is 54.2 Å². The zero-order chi connectivity index (χ0) is 22.4. The number of nitrogens with one attached hydrogen (secondary N) is 1. The third-order valence-corrected chi connectivity index (χ3v) is 5.38. The molecule has 8 nitrogen and oxygen atoms in total. The number of aliphatic carboxylic acids is 1. The fourth-order valence-electron chi connectivity index (χ4n) is 2.60. The quantitative estimate of drug-likeness (QED) is 0.459. The number of methoxy groups -OCH3 is 1. The van der Waals surface area contributed by atoms with Gasteiger partial charge in [0.25, 0.3) is 11.8 Å². The number of amides is 2. The van der Waals surface area contributed by atoms with Gasteiger partial charge in [-0.1, -0.05) is 30.0 Å². The standard InChI is InChI=1S/C21H18N2O6S2/c1-28-15-6-3-5-14(12-15)19(26)22-23-20(27)17(31-21(23)30)11-13-4-2-7-16(10-13)29-9-8-18(24)25/h2-7,10-12H,8-9H2,1H3,(H,22,26)(H,24,25)/b17-11+. The van der Waals surface area contributed by atoms with Crippen molar-refractivity contribution in [1.82, 2.24) is 10.4 Å². The van der Waals surface area contributed by atoms with Gasteiger partial charge in [0.05, 0.1) is 25.0 Å². The molecule has 160 valence electrons. The minimum Gasteiger partial charge on any atom is -0.497 e. The zero-order valence-corrected chi connectivity index (χ0v) is 18.0. The highest BCUT2D eigenvalue weighted by Crippen LogP contribution is 2.32. The Morgan fingerprint density at radius 1 is 1.19 bits per heavy atom. The monoisotopic (exact) mass is 458 g/mol. The zero-order valence-electron chi connectivity index (χ0n) is 16.4. The Labute approximate surface area is 187 Å². The Morgan fingerprint density at radius 2 is 1.94 bits per heavy atom. The number of nitrogens with zero attached hydrogens (tertiary/aromatic N) is 1. The molecule has 0 radical (unpaired) electrons. The average molecular weight is 459 g/mol. The van der Waals surface area contributed by atoms with E-state index in [2.05, 4.69) is 5.43 Å². The van der Waals surface area contributed by atoms with Crippen molar-refractivity contribution in [3.63, 3.8) is 0 Å². The van der Waals surface area contributed by atoms with E-state index in [9.17, 15) is 14.4 Å². The first kappa shape index (κ1) is 22.3. The normalized spacial score (nSPS) is 14.6. The molecule has 0 aliphatic carbocycles. The van der Waals surface area contributed by atoms with Crippen molar-refractivity contribution in [2.24, 2.45) is 0 Å². The van der Waals surface area contributed by atoms with Crippen molar-refractivity contribution < 1.29 is 29.0 Å². The Hall–Kier alpha value is -3.37. The van der Waals surface area contributed by atoms with Gasteiger partial charge in [0.2, 0.25) is 0 Å². The van der Waals surface area contributed by atoms with Crippen molar-refractivity contribution in [1.29, 1.82) is 0 Å². The first-order chi connectivity index (χ1) is 14.9. The number of rotatable bonds is 8. The van der Waals surface area contributed by atoms with Gasteiger partial charge >= 0.3 is 5.97 Å². The summed E-state index contributed by atoms with van der Waals surface area (Å²) in [6, 6.07) is 13.4. The smallest absolute Gasteiger partial charge is 0.306 e. The molecule has 1 heterocycles. The summed E-state index contributed by atoms with van der Waals surface area (Å²) in [5, 5.41) is 9.72. The minimum absolute atomic E-state index is 0.0389. The summed E-state index contributed by atoms with van der Waals surface area (Å²) in [5.74, 6) is -0.898. The SMILES string of the molecule is COc1cccc(C(=O)NN2C(=O)/C(=C\c3cccc(OCCC(=O)O)c3)SC2=S)c1. The van der Waals surface area contributed by atoms with Crippen LogP contribution in [0.15, 0.2) is 53.4 Å². The van der Waals surface area contributed by atoms with E-state index in [1.54, 1.807) is 54.6 Å². The van der Waals surface area contributed by atoms with Crippen molar-refractivity contribution in [3.8, 4) is 11.5 Å². The number of carboxylic acid groups (broad SMARTS) is 1. The molecule has 1 fully saturated rings. The van der Waals surface area contributed by atoms with Crippen molar-refractivity contribution in [3.05, 3.63) is 64.6 Å². The highest BCUT2D eigenvalue weighted by molar-refractivity contribution is 8.26. The number of carbonyl (C=O) groups excluding carboxylic acids is 2. The van der Waals surface area contributed by atoms with E-state index in [1.807, 2.05) is 0 Å². The Balaban J connectivity index is 1.70. The number of ether oxygens (including phenoxy) is 2. The molecular formula is C21H18N2O6S2.